The average molecular weight is 395 g/mol. The monoisotopic (exact) mass is 395 g/mol. The second kappa shape index (κ2) is 8.37. The maximum Gasteiger partial charge on any atom is 0.416 e. The van der Waals surface area contributed by atoms with Crippen LogP contribution in [-0.2, 0) is 11.0 Å². The number of benzene rings is 1. The van der Waals surface area contributed by atoms with Gasteiger partial charge in [0.15, 0.2) is 5.76 Å². The first-order valence-corrected chi connectivity index (χ1v) is 8.86. The molecule has 150 valence electrons. The molecule has 1 aromatic carbocycles. The highest BCUT2D eigenvalue weighted by Gasteiger charge is 2.30. The second-order valence-electron chi connectivity index (χ2n) is 6.41. The molecule has 9 heteroatoms. The van der Waals surface area contributed by atoms with Crippen molar-refractivity contribution >= 4 is 17.5 Å². The van der Waals surface area contributed by atoms with E-state index in [1.54, 1.807) is 21.9 Å². The highest BCUT2D eigenvalue weighted by atomic mass is 19.4. The molecule has 2 aromatic rings. The number of nitrogens with zero attached hydrogens (tertiary/aromatic N) is 2. The van der Waals surface area contributed by atoms with Crippen molar-refractivity contribution < 1.29 is 27.2 Å². The van der Waals surface area contributed by atoms with Crippen molar-refractivity contribution in [3.63, 3.8) is 0 Å². The Balaban J connectivity index is 1.43. The smallest absolute Gasteiger partial charge is 0.416 e. The van der Waals surface area contributed by atoms with E-state index in [1.165, 1.54) is 18.4 Å². The van der Waals surface area contributed by atoms with E-state index in [0.717, 1.165) is 12.1 Å². The summed E-state index contributed by atoms with van der Waals surface area (Å²) in [5.41, 5.74) is -0.419. The summed E-state index contributed by atoms with van der Waals surface area (Å²) in [5, 5.41) is 2.85. The lowest BCUT2D eigenvalue weighted by molar-refractivity contribution is -0.137. The van der Waals surface area contributed by atoms with Crippen LogP contribution < -0.4 is 5.32 Å². The summed E-state index contributed by atoms with van der Waals surface area (Å²) in [6.45, 7) is 1.87. The quantitative estimate of drug-likeness (QED) is 0.845. The van der Waals surface area contributed by atoms with Gasteiger partial charge in [0.1, 0.15) is 0 Å². The molecule has 0 saturated carbocycles. The van der Waals surface area contributed by atoms with Gasteiger partial charge in [-0.2, -0.15) is 13.2 Å². The molecule has 0 bridgehead atoms. The van der Waals surface area contributed by atoms with Gasteiger partial charge in [0, 0.05) is 44.8 Å². The van der Waals surface area contributed by atoms with Crippen LogP contribution in [0.2, 0.25) is 0 Å². The molecule has 1 saturated heterocycles. The van der Waals surface area contributed by atoms with Crippen LogP contribution in [0.3, 0.4) is 0 Å². The number of hydrogen-bond donors (Lipinski definition) is 1. The zero-order chi connectivity index (χ0) is 20.1. The van der Waals surface area contributed by atoms with Gasteiger partial charge in [-0.1, -0.05) is 6.07 Å². The molecule has 0 unspecified atom stereocenters. The predicted molar refractivity (Wildman–Crippen MR) is 95.7 cm³/mol. The Morgan fingerprint density at radius 3 is 2.39 bits per heavy atom. The number of nitrogens with one attached hydrogen (secondary N) is 1. The van der Waals surface area contributed by atoms with Crippen molar-refractivity contribution in [2.24, 2.45) is 0 Å². The Bertz CT molecular complexity index is 813. The molecule has 1 fully saturated rings. The first kappa shape index (κ1) is 19.8. The van der Waals surface area contributed by atoms with Gasteiger partial charge in [0.25, 0.3) is 5.91 Å². The lowest BCUT2D eigenvalue weighted by atomic mass is 10.2. The summed E-state index contributed by atoms with van der Waals surface area (Å²) in [6.07, 6.45) is -2.81. The number of carbonyl (C=O) groups excluding carboxylic acids is 2. The fraction of sp³-hybridized carbons (Fsp3) is 0.368. The predicted octanol–water partition coefficient (Wildman–Crippen LogP) is 3.09. The summed E-state index contributed by atoms with van der Waals surface area (Å²) < 4.78 is 43.2. The van der Waals surface area contributed by atoms with Crippen molar-refractivity contribution in [3.8, 4) is 0 Å². The van der Waals surface area contributed by atoms with Crippen LogP contribution in [0.4, 0.5) is 18.9 Å². The van der Waals surface area contributed by atoms with E-state index in [1.807, 2.05) is 0 Å². The van der Waals surface area contributed by atoms with Gasteiger partial charge in [0.05, 0.1) is 11.8 Å². The van der Waals surface area contributed by atoms with Crippen LogP contribution in [0.5, 0.6) is 0 Å². The van der Waals surface area contributed by atoms with E-state index in [4.69, 9.17) is 4.42 Å². The summed E-state index contributed by atoms with van der Waals surface area (Å²) in [7, 11) is 0. The Morgan fingerprint density at radius 1 is 1.04 bits per heavy atom. The third-order valence-electron chi connectivity index (χ3n) is 4.51. The zero-order valence-corrected chi connectivity index (χ0v) is 15.0. The van der Waals surface area contributed by atoms with Crippen molar-refractivity contribution in [2.75, 3.05) is 38.0 Å². The summed E-state index contributed by atoms with van der Waals surface area (Å²) in [4.78, 5) is 27.8. The fourth-order valence-electron chi connectivity index (χ4n) is 2.99. The second-order valence-corrected chi connectivity index (χ2v) is 6.41. The first-order chi connectivity index (χ1) is 13.3. The SMILES string of the molecule is O=C(CCNc1cccc(C(F)(F)F)c1)N1CCN(C(=O)c2ccco2)CC1. The third-order valence-corrected chi connectivity index (χ3v) is 4.51. The van der Waals surface area contributed by atoms with Gasteiger partial charge in [-0.25, -0.2) is 0 Å². The lowest BCUT2D eigenvalue weighted by Crippen LogP contribution is -2.50. The first-order valence-electron chi connectivity index (χ1n) is 8.86. The average Bonchev–Trinajstić information content (AvgIpc) is 3.22. The van der Waals surface area contributed by atoms with Crippen molar-refractivity contribution in [1.29, 1.82) is 0 Å². The minimum absolute atomic E-state index is 0.107. The normalized spacial score (nSPS) is 14.8. The van der Waals surface area contributed by atoms with Gasteiger partial charge in [-0.3, -0.25) is 9.59 Å². The van der Waals surface area contributed by atoms with Gasteiger partial charge in [-0.05, 0) is 30.3 Å². The van der Waals surface area contributed by atoms with Gasteiger partial charge >= 0.3 is 6.18 Å². The Morgan fingerprint density at radius 2 is 1.75 bits per heavy atom. The van der Waals surface area contributed by atoms with Crippen molar-refractivity contribution in [1.82, 2.24) is 9.80 Å². The van der Waals surface area contributed by atoms with Gasteiger partial charge in [0.2, 0.25) is 5.91 Å². The highest BCUT2D eigenvalue weighted by Crippen LogP contribution is 2.30. The fourth-order valence-corrected chi connectivity index (χ4v) is 2.99. The van der Waals surface area contributed by atoms with Crippen LogP contribution in [0, 0.1) is 0 Å². The van der Waals surface area contributed by atoms with E-state index < -0.39 is 11.7 Å². The van der Waals surface area contributed by atoms with Crippen LogP contribution >= 0.6 is 0 Å². The maximum absolute atomic E-state index is 12.7. The maximum atomic E-state index is 12.7. The molecule has 0 aliphatic carbocycles. The van der Waals surface area contributed by atoms with Gasteiger partial charge in [-0.15, -0.1) is 0 Å². The van der Waals surface area contributed by atoms with Crippen LogP contribution in [-0.4, -0.2) is 54.3 Å². The molecular weight excluding hydrogens is 375 g/mol. The van der Waals surface area contributed by atoms with Crippen molar-refractivity contribution in [3.05, 3.63) is 54.0 Å². The Hall–Kier alpha value is -2.97. The zero-order valence-electron chi connectivity index (χ0n) is 15.0. The molecule has 2 amide bonds. The minimum atomic E-state index is -4.40. The number of anilines is 1. The third kappa shape index (κ3) is 4.85. The molecule has 1 aliphatic heterocycles. The molecule has 6 nitrogen and oxygen atoms in total. The largest absolute Gasteiger partial charge is 0.459 e. The topological polar surface area (TPSA) is 65.8 Å². The molecule has 1 aromatic heterocycles. The van der Waals surface area contributed by atoms with E-state index in [0.29, 0.717) is 31.9 Å². The molecule has 28 heavy (non-hydrogen) atoms. The molecule has 3 rings (SSSR count). The number of rotatable bonds is 5. The van der Waals surface area contributed by atoms with E-state index in [2.05, 4.69) is 5.32 Å². The Kier molecular flexibility index (Phi) is 5.91. The summed E-state index contributed by atoms with van der Waals surface area (Å²) in [6, 6.07) is 8.11. The summed E-state index contributed by atoms with van der Waals surface area (Å²) in [5.74, 6) is -0.0436. The number of carbonyl (C=O) groups is 2. The number of amides is 2. The van der Waals surface area contributed by atoms with Crippen LogP contribution in [0.15, 0.2) is 47.1 Å². The number of furan rings is 1. The molecule has 0 radical (unpaired) electrons. The molecule has 2 heterocycles. The number of alkyl halides is 3. The number of hydrogen-bond acceptors (Lipinski definition) is 4. The van der Waals surface area contributed by atoms with E-state index in [-0.39, 0.29) is 30.5 Å². The molecule has 1 N–H and O–H groups in total. The van der Waals surface area contributed by atoms with Gasteiger partial charge < -0.3 is 19.5 Å². The molecule has 0 atom stereocenters. The highest BCUT2D eigenvalue weighted by molar-refractivity contribution is 5.91. The van der Waals surface area contributed by atoms with E-state index in [9.17, 15) is 22.8 Å². The Labute approximate surface area is 159 Å². The minimum Gasteiger partial charge on any atom is -0.459 e. The molecular formula is C19H20F3N3O3. The van der Waals surface area contributed by atoms with E-state index >= 15 is 0 Å². The number of piperazine rings is 1. The molecule has 1 aliphatic rings. The van der Waals surface area contributed by atoms with Crippen LogP contribution in [0.1, 0.15) is 22.5 Å². The standard InChI is InChI=1S/C19H20F3N3O3/c20-19(21,22)14-3-1-4-15(13-14)23-7-6-17(26)24-8-10-25(11-9-24)18(27)16-5-2-12-28-16/h1-5,12-13,23H,6-11H2. The summed E-state index contributed by atoms with van der Waals surface area (Å²) >= 11 is 0. The lowest BCUT2D eigenvalue weighted by Gasteiger charge is -2.34. The number of halogens is 3. The van der Waals surface area contributed by atoms with Crippen molar-refractivity contribution in [2.45, 2.75) is 12.6 Å². The molecule has 0 spiro atoms. The van der Waals surface area contributed by atoms with Crippen LogP contribution in [0.25, 0.3) is 0 Å².